The lowest BCUT2D eigenvalue weighted by Gasteiger charge is -2.16. The first kappa shape index (κ1) is 16.8. The molecule has 0 bridgehead atoms. The molecule has 1 aromatic rings. The molecule has 1 amide bonds. The van der Waals surface area contributed by atoms with Gasteiger partial charge in [-0.05, 0) is 24.5 Å². The van der Waals surface area contributed by atoms with Gasteiger partial charge in [0.25, 0.3) is 5.91 Å². The molecule has 0 aromatic heterocycles. The molecule has 1 atom stereocenters. The maximum Gasteiger partial charge on any atom is 0.326 e. The van der Waals surface area contributed by atoms with Gasteiger partial charge in [0.1, 0.15) is 17.5 Å². The maximum absolute atomic E-state index is 11.7. The Morgan fingerprint density at radius 3 is 2.52 bits per heavy atom. The third-order valence-electron chi connectivity index (χ3n) is 2.75. The molecule has 0 heterocycles. The summed E-state index contributed by atoms with van der Waals surface area (Å²) in [6.45, 7) is 3.55. The number of ether oxygens (including phenoxy) is 2. The van der Waals surface area contributed by atoms with Crippen molar-refractivity contribution < 1.29 is 24.2 Å². The van der Waals surface area contributed by atoms with Gasteiger partial charge in [0.2, 0.25) is 0 Å². The topological polar surface area (TPSA) is 84.9 Å². The highest BCUT2D eigenvalue weighted by atomic mass is 16.5. The molecule has 0 spiro atoms. The number of nitrogens with one attached hydrogen (secondary N) is 1. The Morgan fingerprint density at radius 1 is 1.29 bits per heavy atom. The van der Waals surface area contributed by atoms with Crippen LogP contribution < -0.4 is 14.8 Å². The summed E-state index contributed by atoms with van der Waals surface area (Å²) < 4.78 is 10.4. The first-order chi connectivity index (χ1) is 9.92. The van der Waals surface area contributed by atoms with Crippen LogP contribution in [0.15, 0.2) is 24.3 Å². The van der Waals surface area contributed by atoms with Crippen LogP contribution in [0.1, 0.15) is 20.3 Å². The number of carbonyl (C=O) groups excluding carboxylic acids is 1. The van der Waals surface area contributed by atoms with Crippen molar-refractivity contribution in [1.82, 2.24) is 5.32 Å². The second-order valence-electron chi connectivity index (χ2n) is 5.06. The predicted octanol–water partition coefficient (Wildman–Crippen LogP) is 1.69. The van der Waals surface area contributed by atoms with Crippen molar-refractivity contribution in [3.05, 3.63) is 24.3 Å². The van der Waals surface area contributed by atoms with Gasteiger partial charge < -0.3 is 19.9 Å². The molecule has 0 saturated heterocycles. The average Bonchev–Trinajstić information content (AvgIpc) is 2.44. The number of amides is 1. The zero-order valence-corrected chi connectivity index (χ0v) is 12.5. The number of hydrogen-bond donors (Lipinski definition) is 2. The number of hydrogen-bond acceptors (Lipinski definition) is 4. The lowest BCUT2D eigenvalue weighted by Crippen LogP contribution is -2.43. The van der Waals surface area contributed by atoms with E-state index in [2.05, 4.69) is 5.32 Å². The number of benzene rings is 1. The maximum atomic E-state index is 11.7. The molecule has 0 aliphatic rings. The number of carboxylic acid groups (broad SMARTS) is 1. The molecule has 0 unspecified atom stereocenters. The molecular weight excluding hydrogens is 274 g/mol. The Bertz CT molecular complexity index is 487. The van der Waals surface area contributed by atoms with E-state index in [1.165, 1.54) is 7.11 Å². The Morgan fingerprint density at radius 2 is 1.95 bits per heavy atom. The summed E-state index contributed by atoms with van der Waals surface area (Å²) in [7, 11) is 1.54. The van der Waals surface area contributed by atoms with Gasteiger partial charge in [0.05, 0.1) is 7.11 Å². The summed E-state index contributed by atoms with van der Waals surface area (Å²) >= 11 is 0. The molecular formula is C15H21NO5. The monoisotopic (exact) mass is 295 g/mol. The number of aliphatic carboxylic acids is 1. The first-order valence-corrected chi connectivity index (χ1v) is 6.71. The molecule has 2 N–H and O–H groups in total. The highest BCUT2D eigenvalue weighted by Crippen LogP contribution is 2.18. The molecule has 0 aliphatic carbocycles. The van der Waals surface area contributed by atoms with Gasteiger partial charge in [0.15, 0.2) is 6.61 Å². The van der Waals surface area contributed by atoms with Crippen LogP contribution in [0, 0.1) is 5.92 Å². The lowest BCUT2D eigenvalue weighted by molar-refractivity contribution is -0.142. The molecule has 21 heavy (non-hydrogen) atoms. The third kappa shape index (κ3) is 6.16. The number of rotatable bonds is 8. The van der Waals surface area contributed by atoms with Crippen molar-refractivity contribution in [1.29, 1.82) is 0 Å². The van der Waals surface area contributed by atoms with Crippen molar-refractivity contribution in [2.45, 2.75) is 26.3 Å². The fraction of sp³-hybridized carbons (Fsp3) is 0.467. The summed E-state index contributed by atoms with van der Waals surface area (Å²) in [5, 5.41) is 11.5. The molecule has 116 valence electrons. The molecule has 1 rings (SSSR count). The highest BCUT2D eigenvalue weighted by molar-refractivity contribution is 5.84. The smallest absolute Gasteiger partial charge is 0.326 e. The van der Waals surface area contributed by atoms with Gasteiger partial charge in [-0.25, -0.2) is 4.79 Å². The zero-order chi connectivity index (χ0) is 15.8. The minimum atomic E-state index is -1.04. The van der Waals surface area contributed by atoms with Crippen molar-refractivity contribution in [2.24, 2.45) is 5.92 Å². The SMILES string of the molecule is COc1cccc(OCC(=O)N[C@H](CC(C)C)C(=O)O)c1. The standard InChI is InChI=1S/C15H21NO5/c1-10(2)7-13(15(18)19)16-14(17)9-21-12-6-4-5-11(8-12)20-3/h4-6,8,10,13H,7,9H2,1-3H3,(H,16,17)(H,18,19)/t13-/m1/s1. The van der Waals surface area contributed by atoms with E-state index in [-0.39, 0.29) is 12.5 Å². The average molecular weight is 295 g/mol. The van der Waals surface area contributed by atoms with Crippen molar-refractivity contribution in [3.63, 3.8) is 0 Å². The predicted molar refractivity (Wildman–Crippen MR) is 77.5 cm³/mol. The van der Waals surface area contributed by atoms with E-state index >= 15 is 0 Å². The van der Waals surface area contributed by atoms with Crippen LogP contribution in [0.4, 0.5) is 0 Å². The van der Waals surface area contributed by atoms with Crippen LogP contribution in [0.2, 0.25) is 0 Å². The summed E-state index contributed by atoms with van der Waals surface area (Å²) in [5.41, 5.74) is 0. The van der Waals surface area contributed by atoms with Gasteiger partial charge in [-0.1, -0.05) is 19.9 Å². The Balaban J connectivity index is 2.50. The minimum Gasteiger partial charge on any atom is -0.497 e. The largest absolute Gasteiger partial charge is 0.497 e. The van der Waals surface area contributed by atoms with E-state index in [0.717, 1.165) is 0 Å². The lowest BCUT2D eigenvalue weighted by atomic mass is 10.0. The fourth-order valence-electron chi connectivity index (χ4n) is 1.77. The normalized spacial score (nSPS) is 11.8. The van der Waals surface area contributed by atoms with Crippen LogP contribution in [-0.4, -0.2) is 36.7 Å². The summed E-state index contributed by atoms with van der Waals surface area (Å²) in [6, 6.07) is 5.95. The Kier molecular flexibility index (Phi) is 6.52. The molecule has 0 fully saturated rings. The van der Waals surface area contributed by atoms with E-state index in [0.29, 0.717) is 17.9 Å². The van der Waals surface area contributed by atoms with E-state index in [9.17, 15) is 9.59 Å². The fourth-order valence-corrected chi connectivity index (χ4v) is 1.77. The van der Waals surface area contributed by atoms with E-state index in [4.69, 9.17) is 14.6 Å². The van der Waals surface area contributed by atoms with Crippen LogP contribution >= 0.6 is 0 Å². The molecule has 6 heteroatoms. The Hall–Kier alpha value is -2.24. The Labute approximate surface area is 124 Å². The van der Waals surface area contributed by atoms with Crippen LogP contribution in [0.25, 0.3) is 0 Å². The van der Waals surface area contributed by atoms with Gasteiger partial charge in [0, 0.05) is 6.07 Å². The minimum absolute atomic E-state index is 0.172. The number of carboxylic acids is 1. The molecule has 0 radical (unpaired) electrons. The van der Waals surface area contributed by atoms with Crippen molar-refractivity contribution in [2.75, 3.05) is 13.7 Å². The summed E-state index contributed by atoms with van der Waals surface area (Å²) in [5.74, 6) is -0.230. The summed E-state index contributed by atoms with van der Waals surface area (Å²) in [4.78, 5) is 22.8. The van der Waals surface area contributed by atoms with Gasteiger partial charge in [-0.2, -0.15) is 0 Å². The van der Waals surface area contributed by atoms with Crippen molar-refractivity contribution >= 4 is 11.9 Å². The van der Waals surface area contributed by atoms with Gasteiger partial charge in [-0.3, -0.25) is 4.79 Å². The second kappa shape index (κ2) is 8.14. The van der Waals surface area contributed by atoms with Crippen molar-refractivity contribution in [3.8, 4) is 11.5 Å². The summed E-state index contributed by atoms with van der Waals surface area (Å²) in [6.07, 6.45) is 0.375. The number of carbonyl (C=O) groups is 2. The van der Waals surface area contributed by atoms with E-state index in [1.54, 1.807) is 24.3 Å². The van der Waals surface area contributed by atoms with Gasteiger partial charge >= 0.3 is 5.97 Å². The molecule has 6 nitrogen and oxygen atoms in total. The van der Waals surface area contributed by atoms with E-state index < -0.39 is 17.9 Å². The zero-order valence-electron chi connectivity index (χ0n) is 12.5. The van der Waals surface area contributed by atoms with Crippen LogP contribution in [0.5, 0.6) is 11.5 Å². The molecule has 1 aromatic carbocycles. The van der Waals surface area contributed by atoms with Crippen LogP contribution in [-0.2, 0) is 9.59 Å². The van der Waals surface area contributed by atoms with Gasteiger partial charge in [-0.15, -0.1) is 0 Å². The molecule has 0 aliphatic heterocycles. The highest BCUT2D eigenvalue weighted by Gasteiger charge is 2.21. The second-order valence-corrected chi connectivity index (χ2v) is 5.06. The molecule has 0 saturated carbocycles. The van der Waals surface area contributed by atoms with E-state index in [1.807, 2.05) is 13.8 Å². The third-order valence-corrected chi connectivity index (χ3v) is 2.75. The van der Waals surface area contributed by atoms with Crippen LogP contribution in [0.3, 0.4) is 0 Å². The number of methoxy groups -OCH3 is 1. The quantitative estimate of drug-likeness (QED) is 0.762. The first-order valence-electron chi connectivity index (χ1n) is 6.71.